The lowest BCUT2D eigenvalue weighted by atomic mass is 9.77. The van der Waals surface area contributed by atoms with Gasteiger partial charge in [0, 0.05) is 17.5 Å². The molecule has 0 fully saturated rings. The number of hydrogen-bond acceptors (Lipinski definition) is 3. The number of hydrogen-bond donors (Lipinski definition) is 0. The third-order valence-corrected chi connectivity index (χ3v) is 5.16. The third kappa shape index (κ3) is 2.89. The molecule has 4 heteroatoms. The summed E-state index contributed by atoms with van der Waals surface area (Å²) in [6.45, 7) is 4.33. The normalized spacial score (nSPS) is 18.8. The van der Waals surface area contributed by atoms with Crippen molar-refractivity contribution in [3.8, 4) is 0 Å². The molecule has 1 unspecified atom stereocenters. The molecule has 2 heterocycles. The van der Waals surface area contributed by atoms with E-state index in [0.717, 1.165) is 32.9 Å². The van der Waals surface area contributed by atoms with E-state index >= 15 is 0 Å². The Morgan fingerprint density at radius 3 is 2.56 bits per heavy atom. The van der Waals surface area contributed by atoms with E-state index in [4.69, 9.17) is 21.4 Å². The maximum Gasteiger partial charge on any atom is 0.143 e. The van der Waals surface area contributed by atoms with E-state index < -0.39 is 0 Å². The molecule has 0 amide bonds. The summed E-state index contributed by atoms with van der Waals surface area (Å²) in [5.74, 6) is 0. The van der Waals surface area contributed by atoms with Gasteiger partial charge in [0.15, 0.2) is 0 Å². The van der Waals surface area contributed by atoms with Crippen LogP contribution in [-0.2, 0) is 11.3 Å². The van der Waals surface area contributed by atoms with Gasteiger partial charge in [0.05, 0.1) is 21.7 Å². The van der Waals surface area contributed by atoms with Gasteiger partial charge in [0.2, 0.25) is 0 Å². The molecular formula is C21H19ClN2O. The van der Waals surface area contributed by atoms with Gasteiger partial charge in [-0.1, -0.05) is 79.1 Å². The summed E-state index contributed by atoms with van der Waals surface area (Å²) >= 11 is 6.43. The van der Waals surface area contributed by atoms with Gasteiger partial charge in [0.1, 0.15) is 6.10 Å². The van der Waals surface area contributed by atoms with Crippen molar-refractivity contribution in [3.63, 3.8) is 0 Å². The summed E-state index contributed by atoms with van der Waals surface area (Å²) < 4.78 is 0. The maximum atomic E-state index is 6.43. The van der Waals surface area contributed by atoms with Crippen LogP contribution in [0, 0.1) is 5.41 Å². The minimum Gasteiger partial charge on any atom is -0.391 e. The molecule has 0 saturated carbocycles. The van der Waals surface area contributed by atoms with Crippen LogP contribution in [0.1, 0.15) is 25.1 Å². The van der Waals surface area contributed by atoms with E-state index in [2.05, 4.69) is 31.1 Å². The van der Waals surface area contributed by atoms with Crippen LogP contribution in [0.5, 0.6) is 0 Å². The van der Waals surface area contributed by atoms with Crippen LogP contribution in [0.2, 0.25) is 5.02 Å². The van der Waals surface area contributed by atoms with Crippen LogP contribution >= 0.6 is 11.6 Å². The average Bonchev–Trinajstić information content (AvgIpc) is 2.90. The molecular weight excluding hydrogens is 332 g/mol. The maximum absolute atomic E-state index is 6.43. The Balaban J connectivity index is 1.62. The van der Waals surface area contributed by atoms with Crippen molar-refractivity contribution in [1.82, 2.24) is 4.98 Å². The fourth-order valence-corrected chi connectivity index (χ4v) is 3.60. The van der Waals surface area contributed by atoms with E-state index in [1.165, 1.54) is 0 Å². The standard InChI is InChI=1S/C21H19ClN2O/c1-21(2)19(25-24-20(21)14-8-4-3-5-9-14)13-15-12-17(22)16-10-6-7-11-18(16)23-15/h3-12,19H,13H2,1-2H3. The van der Waals surface area contributed by atoms with Crippen molar-refractivity contribution in [2.45, 2.75) is 26.4 Å². The van der Waals surface area contributed by atoms with Crippen molar-refractivity contribution in [2.75, 3.05) is 0 Å². The summed E-state index contributed by atoms with van der Waals surface area (Å²) in [5, 5.41) is 6.07. The number of fused-ring (bicyclic) bond motifs is 1. The van der Waals surface area contributed by atoms with Crippen LogP contribution < -0.4 is 0 Å². The molecule has 126 valence electrons. The van der Waals surface area contributed by atoms with Gasteiger partial charge in [-0.2, -0.15) is 0 Å². The highest BCUT2D eigenvalue weighted by Gasteiger charge is 2.42. The number of halogens is 1. The van der Waals surface area contributed by atoms with E-state index in [1.54, 1.807) is 0 Å². The number of rotatable bonds is 3. The van der Waals surface area contributed by atoms with Crippen molar-refractivity contribution >= 4 is 28.2 Å². The highest BCUT2D eigenvalue weighted by Crippen LogP contribution is 2.36. The highest BCUT2D eigenvalue weighted by atomic mass is 35.5. The fraction of sp³-hybridized carbons (Fsp3) is 0.238. The Hall–Kier alpha value is -2.39. The quantitative estimate of drug-likeness (QED) is 0.645. The monoisotopic (exact) mass is 350 g/mol. The second-order valence-corrected chi connectivity index (χ2v) is 7.35. The summed E-state index contributed by atoms with van der Waals surface area (Å²) in [6.07, 6.45) is 0.588. The molecule has 1 aromatic heterocycles. The fourth-order valence-electron chi connectivity index (χ4n) is 3.31. The molecule has 0 saturated heterocycles. The van der Waals surface area contributed by atoms with E-state index in [-0.39, 0.29) is 11.5 Å². The van der Waals surface area contributed by atoms with Gasteiger partial charge in [0.25, 0.3) is 0 Å². The van der Waals surface area contributed by atoms with Gasteiger partial charge >= 0.3 is 0 Å². The van der Waals surface area contributed by atoms with Crippen molar-refractivity contribution in [3.05, 3.63) is 76.9 Å². The summed E-state index contributed by atoms with van der Waals surface area (Å²) in [7, 11) is 0. The summed E-state index contributed by atoms with van der Waals surface area (Å²) in [5.41, 5.74) is 3.70. The third-order valence-electron chi connectivity index (χ3n) is 4.85. The van der Waals surface area contributed by atoms with Crippen LogP contribution in [-0.4, -0.2) is 16.8 Å². The molecule has 0 N–H and O–H groups in total. The molecule has 0 spiro atoms. The lowest BCUT2D eigenvalue weighted by Gasteiger charge is -2.26. The average molecular weight is 351 g/mol. The van der Waals surface area contributed by atoms with Gasteiger partial charge in [-0.3, -0.25) is 4.98 Å². The largest absolute Gasteiger partial charge is 0.391 e. The number of benzene rings is 2. The lowest BCUT2D eigenvalue weighted by Crippen LogP contribution is -2.35. The first-order chi connectivity index (χ1) is 12.1. The van der Waals surface area contributed by atoms with Crippen LogP contribution in [0.25, 0.3) is 10.9 Å². The van der Waals surface area contributed by atoms with Gasteiger partial charge in [-0.15, -0.1) is 0 Å². The lowest BCUT2D eigenvalue weighted by molar-refractivity contribution is 0.0365. The minimum absolute atomic E-state index is 0.0764. The van der Waals surface area contributed by atoms with Crippen molar-refractivity contribution in [2.24, 2.45) is 10.6 Å². The Morgan fingerprint density at radius 1 is 1.04 bits per heavy atom. The molecule has 1 aliphatic heterocycles. The number of para-hydroxylation sites is 1. The van der Waals surface area contributed by atoms with E-state index in [9.17, 15) is 0 Å². The summed E-state index contributed by atoms with van der Waals surface area (Å²) in [6, 6.07) is 20.0. The zero-order valence-corrected chi connectivity index (χ0v) is 15.0. The van der Waals surface area contributed by atoms with Crippen molar-refractivity contribution in [1.29, 1.82) is 0 Å². The number of pyridine rings is 1. The number of nitrogens with zero attached hydrogens (tertiary/aromatic N) is 2. The number of oxime groups is 1. The Morgan fingerprint density at radius 2 is 1.76 bits per heavy atom. The minimum atomic E-state index is -0.207. The molecule has 3 nitrogen and oxygen atoms in total. The first-order valence-electron chi connectivity index (χ1n) is 8.39. The van der Waals surface area contributed by atoms with Crippen molar-refractivity contribution < 1.29 is 4.84 Å². The molecule has 0 aliphatic carbocycles. The Labute approximate surface area is 152 Å². The van der Waals surface area contributed by atoms with Crippen LogP contribution in [0.15, 0.2) is 65.8 Å². The molecule has 2 aromatic carbocycles. The zero-order valence-electron chi connectivity index (χ0n) is 14.2. The Bertz CT molecular complexity index is 951. The smallest absolute Gasteiger partial charge is 0.143 e. The number of aromatic nitrogens is 1. The van der Waals surface area contributed by atoms with Gasteiger partial charge in [-0.05, 0) is 17.7 Å². The van der Waals surface area contributed by atoms with E-state index in [0.29, 0.717) is 6.42 Å². The van der Waals surface area contributed by atoms with E-state index in [1.807, 2.05) is 48.5 Å². The molecule has 0 bridgehead atoms. The van der Waals surface area contributed by atoms with Crippen LogP contribution in [0.4, 0.5) is 0 Å². The molecule has 25 heavy (non-hydrogen) atoms. The predicted octanol–water partition coefficient (Wildman–Crippen LogP) is 5.26. The summed E-state index contributed by atoms with van der Waals surface area (Å²) in [4.78, 5) is 10.5. The SMILES string of the molecule is CC1(C)C(c2ccccc2)=NOC1Cc1cc(Cl)c2ccccc2n1. The van der Waals surface area contributed by atoms with Gasteiger partial charge in [-0.25, -0.2) is 0 Å². The molecule has 4 rings (SSSR count). The molecule has 1 atom stereocenters. The molecule has 1 aliphatic rings. The first-order valence-corrected chi connectivity index (χ1v) is 8.77. The predicted molar refractivity (Wildman–Crippen MR) is 102 cm³/mol. The Kier molecular flexibility index (Phi) is 3.97. The molecule has 3 aromatic rings. The van der Waals surface area contributed by atoms with Crippen LogP contribution in [0.3, 0.4) is 0 Å². The zero-order chi connectivity index (χ0) is 17.4. The second-order valence-electron chi connectivity index (χ2n) is 6.94. The highest BCUT2D eigenvalue weighted by molar-refractivity contribution is 6.35. The molecule has 0 radical (unpaired) electrons. The second kappa shape index (κ2) is 6.16. The first kappa shape index (κ1) is 16.1. The topological polar surface area (TPSA) is 34.5 Å². The van der Waals surface area contributed by atoms with Gasteiger partial charge < -0.3 is 4.84 Å².